The number of carbonyl (C=O) groups excluding carboxylic acids is 1. The molecular weight excluding hydrogens is 318 g/mol. The van der Waals surface area contributed by atoms with Crippen LogP contribution in [0.3, 0.4) is 0 Å². The molecule has 0 N–H and O–H groups in total. The molecule has 1 aliphatic heterocycles. The van der Waals surface area contributed by atoms with Crippen molar-refractivity contribution in [1.82, 2.24) is 4.90 Å². The zero-order valence-corrected chi connectivity index (χ0v) is 15.9. The average Bonchev–Trinajstić information content (AvgIpc) is 2.63. The lowest BCUT2D eigenvalue weighted by atomic mass is 9.84. The minimum atomic E-state index is 0.0881. The molecule has 0 saturated heterocycles. The van der Waals surface area contributed by atoms with Gasteiger partial charge in [0.15, 0.2) is 0 Å². The Balaban J connectivity index is 1.75. The molecule has 0 spiro atoms. The second-order valence-corrected chi connectivity index (χ2v) is 8.33. The van der Waals surface area contributed by atoms with Crippen molar-refractivity contribution in [1.29, 1.82) is 0 Å². The molecule has 26 heavy (non-hydrogen) atoms. The van der Waals surface area contributed by atoms with Crippen LogP contribution in [-0.2, 0) is 11.8 Å². The van der Waals surface area contributed by atoms with Gasteiger partial charge in [-0.15, -0.1) is 0 Å². The van der Waals surface area contributed by atoms with Gasteiger partial charge in [-0.05, 0) is 39.3 Å². The standard InChI is InChI=1S/C24H25NO/c1-24(2,3)19-13-11-17(12-14-19)21-15-18-10-9-16-7-5-6-8-20(16)22(18)23(26)25(21)4/h5-14,21H,15H2,1-4H3. The fraction of sp³-hybridized carbons (Fsp3) is 0.292. The molecule has 0 aromatic heterocycles. The second-order valence-electron chi connectivity index (χ2n) is 8.33. The van der Waals surface area contributed by atoms with Crippen LogP contribution in [0.2, 0.25) is 0 Å². The summed E-state index contributed by atoms with van der Waals surface area (Å²) in [5.41, 5.74) is 4.67. The average molecular weight is 343 g/mol. The monoisotopic (exact) mass is 343 g/mol. The highest BCUT2D eigenvalue weighted by atomic mass is 16.2. The van der Waals surface area contributed by atoms with Crippen molar-refractivity contribution in [2.45, 2.75) is 38.6 Å². The van der Waals surface area contributed by atoms with Gasteiger partial charge < -0.3 is 4.90 Å². The van der Waals surface area contributed by atoms with Gasteiger partial charge in [-0.25, -0.2) is 0 Å². The highest BCUT2D eigenvalue weighted by Crippen LogP contribution is 2.36. The number of benzene rings is 3. The fourth-order valence-corrected chi connectivity index (χ4v) is 3.95. The maximum absolute atomic E-state index is 13.2. The summed E-state index contributed by atoms with van der Waals surface area (Å²) in [5.74, 6) is 0.118. The molecule has 1 heterocycles. The quantitative estimate of drug-likeness (QED) is 0.571. The first-order chi connectivity index (χ1) is 12.4. The Labute approximate surface area is 155 Å². The fourth-order valence-electron chi connectivity index (χ4n) is 3.95. The Bertz CT molecular complexity index is 979. The number of carbonyl (C=O) groups is 1. The lowest BCUT2D eigenvalue weighted by Crippen LogP contribution is -2.37. The molecule has 1 amide bonds. The molecule has 2 heteroatoms. The third-order valence-corrected chi connectivity index (χ3v) is 5.59. The van der Waals surface area contributed by atoms with Crippen LogP contribution in [0.4, 0.5) is 0 Å². The molecular formula is C24H25NO. The van der Waals surface area contributed by atoms with Gasteiger partial charge in [0, 0.05) is 7.05 Å². The Hall–Kier alpha value is -2.61. The number of fused-ring (bicyclic) bond motifs is 3. The number of rotatable bonds is 1. The van der Waals surface area contributed by atoms with Crippen molar-refractivity contribution in [3.8, 4) is 0 Å². The Morgan fingerprint density at radius 2 is 1.62 bits per heavy atom. The van der Waals surface area contributed by atoms with Gasteiger partial charge in [-0.2, -0.15) is 0 Å². The first-order valence-corrected chi connectivity index (χ1v) is 9.24. The van der Waals surface area contributed by atoms with Crippen molar-refractivity contribution >= 4 is 16.7 Å². The summed E-state index contributed by atoms with van der Waals surface area (Å²) in [7, 11) is 1.93. The minimum absolute atomic E-state index is 0.0881. The molecule has 4 rings (SSSR count). The predicted octanol–water partition coefficient (Wildman–Crippen LogP) is 5.51. The van der Waals surface area contributed by atoms with Crippen LogP contribution in [0.25, 0.3) is 10.8 Å². The summed E-state index contributed by atoms with van der Waals surface area (Å²) in [6, 6.07) is 21.3. The predicted molar refractivity (Wildman–Crippen MR) is 108 cm³/mol. The molecule has 0 radical (unpaired) electrons. The summed E-state index contributed by atoms with van der Waals surface area (Å²) < 4.78 is 0. The van der Waals surface area contributed by atoms with Crippen LogP contribution in [-0.4, -0.2) is 17.9 Å². The zero-order chi connectivity index (χ0) is 18.5. The lowest BCUT2D eigenvalue weighted by molar-refractivity contribution is 0.0708. The van der Waals surface area contributed by atoms with E-state index in [4.69, 9.17) is 0 Å². The summed E-state index contributed by atoms with van der Waals surface area (Å²) in [6.07, 6.45) is 0.858. The Kier molecular flexibility index (Phi) is 3.87. The summed E-state index contributed by atoms with van der Waals surface area (Å²) in [6.45, 7) is 6.67. The Morgan fingerprint density at radius 1 is 0.923 bits per heavy atom. The Morgan fingerprint density at radius 3 is 2.31 bits per heavy atom. The molecule has 3 aromatic carbocycles. The van der Waals surface area contributed by atoms with Gasteiger partial charge in [-0.3, -0.25) is 4.79 Å². The lowest BCUT2D eigenvalue weighted by Gasteiger charge is -2.35. The summed E-state index contributed by atoms with van der Waals surface area (Å²) in [5, 5.41) is 2.18. The molecule has 1 unspecified atom stereocenters. The van der Waals surface area contributed by atoms with Gasteiger partial charge in [0.25, 0.3) is 5.91 Å². The number of hydrogen-bond donors (Lipinski definition) is 0. The maximum Gasteiger partial charge on any atom is 0.255 e. The first-order valence-electron chi connectivity index (χ1n) is 9.24. The second kappa shape index (κ2) is 5.98. The van der Waals surface area contributed by atoms with Crippen molar-refractivity contribution < 1.29 is 4.79 Å². The van der Waals surface area contributed by atoms with Gasteiger partial charge in [0.1, 0.15) is 0 Å². The number of hydrogen-bond acceptors (Lipinski definition) is 1. The molecule has 2 nitrogen and oxygen atoms in total. The smallest absolute Gasteiger partial charge is 0.255 e. The molecule has 0 saturated carbocycles. The molecule has 132 valence electrons. The SMILES string of the molecule is CN1C(=O)c2c(ccc3ccccc23)CC1c1ccc(C(C)(C)C)cc1. The van der Waals surface area contributed by atoms with Crippen molar-refractivity contribution in [2.24, 2.45) is 0 Å². The largest absolute Gasteiger partial charge is 0.334 e. The van der Waals surface area contributed by atoms with E-state index in [-0.39, 0.29) is 17.4 Å². The van der Waals surface area contributed by atoms with Gasteiger partial charge in [-0.1, -0.05) is 81.4 Å². The number of nitrogens with zero attached hydrogens (tertiary/aromatic N) is 1. The highest BCUT2D eigenvalue weighted by Gasteiger charge is 2.32. The maximum atomic E-state index is 13.2. The van der Waals surface area contributed by atoms with Crippen LogP contribution in [0.5, 0.6) is 0 Å². The van der Waals surface area contributed by atoms with E-state index in [1.165, 1.54) is 11.1 Å². The zero-order valence-electron chi connectivity index (χ0n) is 15.9. The van der Waals surface area contributed by atoms with E-state index in [0.717, 1.165) is 28.3 Å². The van der Waals surface area contributed by atoms with Crippen molar-refractivity contribution in [3.05, 3.63) is 82.9 Å². The summed E-state index contributed by atoms with van der Waals surface area (Å²) in [4.78, 5) is 15.1. The number of amides is 1. The number of likely N-dealkylation sites (N-methyl/N-ethyl adjacent to an activating group) is 1. The molecule has 0 bridgehead atoms. The third-order valence-electron chi connectivity index (χ3n) is 5.59. The van der Waals surface area contributed by atoms with E-state index in [1.807, 2.05) is 24.1 Å². The van der Waals surface area contributed by atoms with E-state index in [2.05, 4.69) is 69.3 Å². The van der Waals surface area contributed by atoms with E-state index in [9.17, 15) is 4.79 Å². The van der Waals surface area contributed by atoms with E-state index in [0.29, 0.717) is 0 Å². The van der Waals surface area contributed by atoms with Crippen molar-refractivity contribution in [3.63, 3.8) is 0 Å². The minimum Gasteiger partial charge on any atom is -0.334 e. The van der Waals surface area contributed by atoms with E-state index in [1.54, 1.807) is 0 Å². The normalized spacial score (nSPS) is 17.5. The van der Waals surface area contributed by atoms with Gasteiger partial charge in [0.05, 0.1) is 11.6 Å². The highest BCUT2D eigenvalue weighted by molar-refractivity contribution is 6.09. The molecule has 3 aromatic rings. The van der Waals surface area contributed by atoms with E-state index < -0.39 is 0 Å². The first kappa shape index (κ1) is 16.8. The summed E-state index contributed by atoms with van der Waals surface area (Å²) >= 11 is 0. The topological polar surface area (TPSA) is 20.3 Å². The van der Waals surface area contributed by atoms with Crippen LogP contribution < -0.4 is 0 Å². The molecule has 1 atom stereocenters. The van der Waals surface area contributed by atoms with Crippen LogP contribution >= 0.6 is 0 Å². The molecule has 1 aliphatic rings. The third kappa shape index (κ3) is 2.70. The van der Waals surface area contributed by atoms with Crippen LogP contribution in [0.1, 0.15) is 53.9 Å². The molecule has 0 fully saturated rings. The van der Waals surface area contributed by atoms with Crippen LogP contribution in [0, 0.1) is 0 Å². The van der Waals surface area contributed by atoms with Crippen molar-refractivity contribution in [2.75, 3.05) is 7.05 Å². The van der Waals surface area contributed by atoms with E-state index >= 15 is 0 Å². The van der Waals surface area contributed by atoms with Gasteiger partial charge in [0.2, 0.25) is 0 Å². The van der Waals surface area contributed by atoms with Gasteiger partial charge >= 0.3 is 0 Å². The van der Waals surface area contributed by atoms with Crippen LogP contribution in [0.15, 0.2) is 60.7 Å². The molecule has 0 aliphatic carbocycles.